The van der Waals surface area contributed by atoms with E-state index in [0.717, 1.165) is 18.6 Å². The standard InChI is InChI=1S/C14H15NO3/c1-3-4-9-18-12-7-5-11(6-8-12)10-13(15-2)14(16)17/h5-8,10H,3-4,9H2,1H3,(H,16,17)/b13-10-. The van der Waals surface area contributed by atoms with Gasteiger partial charge in [0, 0.05) is 0 Å². The van der Waals surface area contributed by atoms with Crippen molar-refractivity contribution in [2.24, 2.45) is 0 Å². The van der Waals surface area contributed by atoms with Crippen molar-refractivity contribution in [2.45, 2.75) is 19.8 Å². The molecule has 4 heteroatoms. The van der Waals surface area contributed by atoms with Gasteiger partial charge in [0.2, 0.25) is 0 Å². The topological polar surface area (TPSA) is 50.9 Å². The largest absolute Gasteiger partial charge is 0.494 e. The Labute approximate surface area is 106 Å². The monoisotopic (exact) mass is 245 g/mol. The van der Waals surface area contributed by atoms with Crippen molar-refractivity contribution < 1.29 is 14.6 Å². The molecule has 1 N–H and O–H groups in total. The van der Waals surface area contributed by atoms with Gasteiger partial charge in [0.25, 0.3) is 5.70 Å². The van der Waals surface area contributed by atoms with E-state index in [-0.39, 0.29) is 5.70 Å². The lowest BCUT2D eigenvalue weighted by molar-refractivity contribution is -0.132. The molecule has 1 aromatic carbocycles. The number of unbranched alkanes of at least 4 members (excludes halogenated alkanes) is 1. The fraction of sp³-hybridized carbons (Fsp3) is 0.286. The molecule has 0 bridgehead atoms. The van der Waals surface area contributed by atoms with Gasteiger partial charge in [0.1, 0.15) is 5.75 Å². The maximum absolute atomic E-state index is 10.7. The number of nitrogens with zero attached hydrogens (tertiary/aromatic N) is 1. The molecule has 0 radical (unpaired) electrons. The van der Waals surface area contributed by atoms with E-state index < -0.39 is 5.97 Å². The van der Waals surface area contributed by atoms with Crippen LogP contribution in [-0.2, 0) is 4.79 Å². The van der Waals surface area contributed by atoms with Gasteiger partial charge in [-0.15, -0.1) is 0 Å². The smallest absolute Gasteiger partial charge is 0.333 e. The van der Waals surface area contributed by atoms with Crippen LogP contribution in [0.25, 0.3) is 10.9 Å². The minimum absolute atomic E-state index is 0.297. The molecule has 1 rings (SSSR count). The van der Waals surface area contributed by atoms with Crippen molar-refractivity contribution >= 4 is 12.0 Å². The lowest BCUT2D eigenvalue weighted by atomic mass is 10.2. The van der Waals surface area contributed by atoms with E-state index >= 15 is 0 Å². The third-order valence-electron chi connectivity index (χ3n) is 2.29. The number of hydrogen-bond acceptors (Lipinski definition) is 2. The number of carboxylic acids is 1. The number of hydrogen-bond donors (Lipinski definition) is 1. The van der Waals surface area contributed by atoms with Crippen LogP contribution >= 0.6 is 0 Å². The second-order valence-electron chi connectivity index (χ2n) is 3.72. The average Bonchev–Trinajstić information content (AvgIpc) is 2.37. The van der Waals surface area contributed by atoms with Gasteiger partial charge in [0.05, 0.1) is 13.2 Å². The number of carboxylic acid groups (broad SMARTS) is 1. The SMILES string of the molecule is [C-]#[N+]/C(=C\c1ccc(OCCCC)cc1)C(=O)O. The highest BCUT2D eigenvalue weighted by Crippen LogP contribution is 2.15. The average molecular weight is 245 g/mol. The van der Waals surface area contributed by atoms with Crippen LogP contribution in [0.2, 0.25) is 0 Å². The molecule has 1 aromatic rings. The molecule has 18 heavy (non-hydrogen) atoms. The summed E-state index contributed by atoms with van der Waals surface area (Å²) in [6, 6.07) is 7.00. The predicted molar refractivity (Wildman–Crippen MR) is 69.1 cm³/mol. The molecule has 0 aliphatic heterocycles. The molecule has 94 valence electrons. The zero-order valence-electron chi connectivity index (χ0n) is 10.2. The van der Waals surface area contributed by atoms with E-state index in [2.05, 4.69) is 11.8 Å². The van der Waals surface area contributed by atoms with Crippen molar-refractivity contribution in [3.8, 4) is 5.75 Å². The van der Waals surface area contributed by atoms with Gasteiger partial charge in [-0.05, 0) is 30.2 Å². The summed E-state index contributed by atoms with van der Waals surface area (Å²) >= 11 is 0. The zero-order chi connectivity index (χ0) is 13.4. The Kier molecular flexibility index (Phi) is 5.46. The lowest BCUT2D eigenvalue weighted by Crippen LogP contribution is -1.97. The van der Waals surface area contributed by atoms with Crippen LogP contribution in [0, 0.1) is 6.57 Å². The van der Waals surface area contributed by atoms with E-state index in [4.69, 9.17) is 16.4 Å². The fourth-order valence-corrected chi connectivity index (χ4v) is 1.29. The summed E-state index contributed by atoms with van der Waals surface area (Å²) in [5.74, 6) is -0.464. The van der Waals surface area contributed by atoms with Crippen LogP contribution in [0.15, 0.2) is 30.0 Å². The van der Waals surface area contributed by atoms with Gasteiger partial charge in [-0.2, -0.15) is 0 Å². The van der Waals surface area contributed by atoms with E-state index in [0.29, 0.717) is 12.2 Å². The number of ether oxygens (including phenoxy) is 1. The number of benzene rings is 1. The minimum Gasteiger partial charge on any atom is -0.494 e. The summed E-state index contributed by atoms with van der Waals surface area (Å²) in [4.78, 5) is 13.6. The highest BCUT2D eigenvalue weighted by Gasteiger charge is 2.06. The molecule has 0 aliphatic carbocycles. The Morgan fingerprint density at radius 2 is 2.11 bits per heavy atom. The molecule has 0 amide bonds. The number of carbonyl (C=O) groups is 1. The summed E-state index contributed by atoms with van der Waals surface area (Å²) in [6.45, 7) is 9.51. The summed E-state index contributed by atoms with van der Waals surface area (Å²) in [6.07, 6.45) is 3.42. The Hall–Kier alpha value is -2.28. The van der Waals surface area contributed by atoms with Crippen molar-refractivity contribution in [3.63, 3.8) is 0 Å². The number of rotatable bonds is 6. The molecule has 0 atom stereocenters. The second kappa shape index (κ2) is 7.13. The third-order valence-corrected chi connectivity index (χ3v) is 2.29. The first-order valence-electron chi connectivity index (χ1n) is 5.72. The minimum atomic E-state index is -1.21. The Balaban J connectivity index is 2.71. The van der Waals surface area contributed by atoms with Gasteiger partial charge in [-0.3, -0.25) is 4.79 Å². The molecule has 0 aromatic heterocycles. The lowest BCUT2D eigenvalue weighted by Gasteiger charge is -2.05. The first kappa shape index (κ1) is 13.8. The Morgan fingerprint density at radius 1 is 1.44 bits per heavy atom. The molecule has 0 fully saturated rings. The molecule has 0 saturated carbocycles. The molecule has 0 saturated heterocycles. The van der Waals surface area contributed by atoms with Gasteiger partial charge in [0.15, 0.2) is 0 Å². The highest BCUT2D eigenvalue weighted by atomic mass is 16.5. The van der Waals surface area contributed by atoms with Crippen molar-refractivity contribution in [1.29, 1.82) is 0 Å². The van der Waals surface area contributed by atoms with Crippen LogP contribution < -0.4 is 4.74 Å². The van der Waals surface area contributed by atoms with E-state index in [9.17, 15) is 4.79 Å². The van der Waals surface area contributed by atoms with Crippen molar-refractivity contribution in [1.82, 2.24) is 0 Å². The molecular formula is C14H15NO3. The first-order valence-corrected chi connectivity index (χ1v) is 5.72. The van der Waals surface area contributed by atoms with Gasteiger partial charge < -0.3 is 9.84 Å². The molecule has 0 spiro atoms. The fourth-order valence-electron chi connectivity index (χ4n) is 1.29. The Bertz CT molecular complexity index is 469. The normalized spacial score (nSPS) is 10.8. The summed E-state index contributed by atoms with van der Waals surface area (Å²) < 4.78 is 5.48. The third kappa shape index (κ3) is 4.30. The van der Waals surface area contributed by atoms with Crippen molar-refractivity contribution in [2.75, 3.05) is 6.61 Å². The zero-order valence-corrected chi connectivity index (χ0v) is 10.2. The molecular weight excluding hydrogens is 230 g/mol. The quantitative estimate of drug-likeness (QED) is 0.475. The Morgan fingerprint density at radius 3 is 2.61 bits per heavy atom. The highest BCUT2D eigenvalue weighted by molar-refractivity contribution is 5.94. The van der Waals surface area contributed by atoms with Gasteiger partial charge in [-0.1, -0.05) is 25.5 Å². The van der Waals surface area contributed by atoms with Crippen LogP contribution in [0.1, 0.15) is 25.3 Å². The predicted octanol–water partition coefficient (Wildman–Crippen LogP) is 3.21. The first-order chi connectivity index (χ1) is 8.67. The summed E-state index contributed by atoms with van der Waals surface area (Å²) in [7, 11) is 0. The van der Waals surface area contributed by atoms with E-state index in [1.165, 1.54) is 6.08 Å². The van der Waals surface area contributed by atoms with Gasteiger partial charge >= 0.3 is 5.97 Å². The second-order valence-corrected chi connectivity index (χ2v) is 3.72. The van der Waals surface area contributed by atoms with Crippen LogP contribution in [0.5, 0.6) is 5.75 Å². The van der Waals surface area contributed by atoms with E-state index in [1.807, 2.05) is 0 Å². The molecule has 0 unspecified atom stereocenters. The summed E-state index contributed by atoms with van der Waals surface area (Å²) in [5, 5.41) is 8.73. The number of aliphatic carboxylic acids is 1. The van der Waals surface area contributed by atoms with E-state index in [1.54, 1.807) is 24.3 Å². The van der Waals surface area contributed by atoms with Crippen LogP contribution in [-0.4, -0.2) is 17.7 Å². The van der Waals surface area contributed by atoms with Crippen LogP contribution in [0.4, 0.5) is 0 Å². The van der Waals surface area contributed by atoms with Gasteiger partial charge in [-0.25, -0.2) is 4.85 Å². The van der Waals surface area contributed by atoms with Crippen molar-refractivity contribution in [3.05, 3.63) is 46.9 Å². The molecule has 0 aliphatic rings. The summed E-state index contributed by atoms with van der Waals surface area (Å²) in [5.41, 5.74) is 0.376. The maximum atomic E-state index is 10.7. The molecule has 4 nitrogen and oxygen atoms in total. The maximum Gasteiger partial charge on any atom is 0.333 e. The van der Waals surface area contributed by atoms with Crippen LogP contribution in [0.3, 0.4) is 0 Å². The molecule has 0 heterocycles.